The maximum atomic E-state index is 11.5. The van der Waals surface area contributed by atoms with E-state index < -0.39 is 6.09 Å². The van der Waals surface area contributed by atoms with E-state index in [0.717, 1.165) is 17.7 Å². The number of methoxy groups -OCH3 is 1. The summed E-state index contributed by atoms with van der Waals surface area (Å²) >= 11 is 0. The highest BCUT2D eigenvalue weighted by atomic mass is 16.5. The molecule has 0 aliphatic carbocycles. The van der Waals surface area contributed by atoms with Crippen molar-refractivity contribution in [2.75, 3.05) is 19.0 Å². The first-order chi connectivity index (χ1) is 10.1. The second-order valence-corrected chi connectivity index (χ2v) is 4.07. The number of hydrogen-bond donors (Lipinski definition) is 2. The minimum absolute atomic E-state index is 0.106. The minimum atomic E-state index is -0.621. The molecule has 2 N–H and O–H groups in total. The van der Waals surface area contributed by atoms with Gasteiger partial charge in [0.05, 0.1) is 7.11 Å². The van der Waals surface area contributed by atoms with Gasteiger partial charge in [-0.2, -0.15) is 0 Å². The third-order valence-electron chi connectivity index (χ3n) is 2.58. The van der Waals surface area contributed by atoms with E-state index in [1.807, 2.05) is 57.2 Å². The van der Waals surface area contributed by atoms with Crippen molar-refractivity contribution < 1.29 is 14.3 Å². The van der Waals surface area contributed by atoms with Gasteiger partial charge in [0.15, 0.2) is 0 Å². The normalized spacial score (nSPS) is 9.52. The van der Waals surface area contributed by atoms with E-state index in [1.165, 1.54) is 7.11 Å². The molecule has 2 amide bonds. The first-order valence-corrected chi connectivity index (χ1v) is 6.85. The van der Waals surface area contributed by atoms with E-state index in [4.69, 9.17) is 0 Å². The molecule has 1 aromatic carbocycles. The van der Waals surface area contributed by atoms with E-state index in [1.54, 1.807) is 0 Å². The van der Waals surface area contributed by atoms with Crippen molar-refractivity contribution in [1.82, 2.24) is 5.32 Å². The molecule has 116 valence electrons. The van der Waals surface area contributed by atoms with Crippen molar-refractivity contribution in [3.63, 3.8) is 0 Å². The summed E-state index contributed by atoms with van der Waals surface area (Å²) in [5.41, 5.74) is 1.82. The molecule has 1 rings (SSSR count). The monoisotopic (exact) mass is 292 g/mol. The Labute approximate surface area is 126 Å². The van der Waals surface area contributed by atoms with Crippen LogP contribution in [0, 0.1) is 0 Å². The number of hydrogen-bond acceptors (Lipinski definition) is 3. The third kappa shape index (κ3) is 8.47. The number of nitrogens with one attached hydrogen (secondary N) is 2. The topological polar surface area (TPSA) is 67.4 Å². The molecule has 0 aliphatic heterocycles. The molecule has 5 nitrogen and oxygen atoms in total. The molecule has 0 unspecified atom stereocenters. The number of amides is 2. The zero-order valence-corrected chi connectivity index (χ0v) is 13.1. The number of ether oxygens (including phenoxy) is 1. The Morgan fingerprint density at radius 1 is 1.19 bits per heavy atom. The highest BCUT2D eigenvalue weighted by molar-refractivity contribution is 5.94. The minimum Gasteiger partial charge on any atom is -0.453 e. The molecule has 0 radical (unpaired) electrons. The molecule has 1 aromatic rings. The predicted molar refractivity (Wildman–Crippen MR) is 85.3 cm³/mol. The number of anilines is 1. The van der Waals surface area contributed by atoms with Gasteiger partial charge in [-0.3, -0.25) is 4.79 Å². The van der Waals surface area contributed by atoms with Crippen LogP contribution >= 0.6 is 0 Å². The van der Waals surface area contributed by atoms with Gasteiger partial charge in [0, 0.05) is 5.69 Å². The summed E-state index contributed by atoms with van der Waals surface area (Å²) in [6.45, 7) is 5.91. The Bertz CT molecular complexity index is 466. The van der Waals surface area contributed by atoms with Gasteiger partial charge in [0.1, 0.15) is 6.54 Å². The molecular formula is C16H24N2O3. The van der Waals surface area contributed by atoms with Gasteiger partial charge in [-0.15, -0.1) is 0 Å². The van der Waals surface area contributed by atoms with Crippen LogP contribution in [-0.4, -0.2) is 25.7 Å². The first kappa shape index (κ1) is 18.7. The van der Waals surface area contributed by atoms with Crippen LogP contribution in [0.5, 0.6) is 0 Å². The number of alkyl carbamates (subject to hydrolysis) is 1. The van der Waals surface area contributed by atoms with Crippen LogP contribution in [-0.2, 0) is 16.0 Å². The lowest BCUT2D eigenvalue weighted by Crippen LogP contribution is -2.32. The fraction of sp³-hybridized carbons (Fsp3) is 0.375. The summed E-state index contributed by atoms with van der Waals surface area (Å²) in [6.07, 6.45) is 4.21. The van der Waals surface area contributed by atoms with Gasteiger partial charge >= 0.3 is 6.09 Å². The fourth-order valence-corrected chi connectivity index (χ4v) is 1.37. The van der Waals surface area contributed by atoms with Crippen LogP contribution in [0.4, 0.5) is 10.5 Å². The summed E-state index contributed by atoms with van der Waals surface area (Å²) in [5.74, 6) is -0.281. The van der Waals surface area contributed by atoms with Gasteiger partial charge in [0.2, 0.25) is 5.91 Å². The van der Waals surface area contributed by atoms with E-state index in [-0.39, 0.29) is 12.5 Å². The maximum absolute atomic E-state index is 11.5. The second-order valence-electron chi connectivity index (χ2n) is 4.07. The smallest absolute Gasteiger partial charge is 0.407 e. The van der Waals surface area contributed by atoms with Gasteiger partial charge < -0.3 is 15.4 Å². The summed E-state index contributed by atoms with van der Waals surface area (Å²) in [6, 6.07) is 7.54. The molecule has 5 heteroatoms. The number of rotatable bonds is 4. The summed E-state index contributed by atoms with van der Waals surface area (Å²) in [5, 5.41) is 5.05. The van der Waals surface area contributed by atoms with E-state index >= 15 is 0 Å². The van der Waals surface area contributed by atoms with Crippen molar-refractivity contribution in [2.24, 2.45) is 0 Å². The van der Waals surface area contributed by atoms with Gasteiger partial charge in [-0.05, 0) is 31.9 Å². The average molecular weight is 292 g/mol. The molecule has 0 atom stereocenters. The highest BCUT2D eigenvalue weighted by Gasteiger charge is 2.07. The Hall–Kier alpha value is -2.30. The van der Waals surface area contributed by atoms with Crippen LogP contribution in [0.3, 0.4) is 0 Å². The van der Waals surface area contributed by atoms with Crippen molar-refractivity contribution in [3.8, 4) is 0 Å². The lowest BCUT2D eigenvalue weighted by atomic mass is 10.1. The Kier molecular flexibility index (Phi) is 10.3. The summed E-state index contributed by atoms with van der Waals surface area (Å²) < 4.78 is 4.37. The van der Waals surface area contributed by atoms with Crippen LogP contribution in [0.1, 0.15) is 26.3 Å². The standard InChI is InChI=1S/C12H16N2O3.C4H8/c1-3-9-6-4-5-7-10(9)14-11(15)8-13-12(16)17-2;1-3-4-2/h4-7H,3,8H2,1-2H3,(H,13,16)(H,14,15);3-4H,1-2H3/b;4-3-. The molecule has 0 bridgehead atoms. The first-order valence-electron chi connectivity index (χ1n) is 6.85. The number of carbonyl (C=O) groups is 2. The molecular weight excluding hydrogens is 268 g/mol. The molecule has 0 heterocycles. The van der Waals surface area contributed by atoms with Gasteiger partial charge in [-0.25, -0.2) is 4.79 Å². The van der Waals surface area contributed by atoms with Crippen LogP contribution in [0.2, 0.25) is 0 Å². The number of allylic oxidation sites excluding steroid dienone is 2. The van der Waals surface area contributed by atoms with Gasteiger partial charge in [0.25, 0.3) is 0 Å². The fourth-order valence-electron chi connectivity index (χ4n) is 1.37. The van der Waals surface area contributed by atoms with E-state index in [9.17, 15) is 9.59 Å². The molecule has 0 saturated heterocycles. The number of carbonyl (C=O) groups excluding carboxylic acids is 2. The predicted octanol–water partition coefficient (Wildman–Crippen LogP) is 3.13. The van der Waals surface area contributed by atoms with Gasteiger partial charge in [-0.1, -0.05) is 37.3 Å². The molecule has 0 aliphatic rings. The zero-order valence-electron chi connectivity index (χ0n) is 13.1. The Morgan fingerprint density at radius 2 is 1.81 bits per heavy atom. The largest absolute Gasteiger partial charge is 0.453 e. The number of aryl methyl sites for hydroxylation is 1. The lowest BCUT2D eigenvalue weighted by Gasteiger charge is -2.09. The number of benzene rings is 1. The van der Waals surface area contributed by atoms with Crippen molar-refractivity contribution >= 4 is 17.7 Å². The highest BCUT2D eigenvalue weighted by Crippen LogP contribution is 2.14. The zero-order chi connectivity index (χ0) is 16.1. The summed E-state index contributed by atoms with van der Waals surface area (Å²) in [4.78, 5) is 22.3. The molecule has 0 aromatic heterocycles. The Morgan fingerprint density at radius 3 is 2.33 bits per heavy atom. The molecule has 21 heavy (non-hydrogen) atoms. The molecule has 0 fully saturated rings. The van der Waals surface area contributed by atoms with Crippen LogP contribution < -0.4 is 10.6 Å². The molecule has 0 spiro atoms. The van der Waals surface area contributed by atoms with E-state index in [0.29, 0.717) is 0 Å². The third-order valence-corrected chi connectivity index (χ3v) is 2.58. The Balaban J connectivity index is 0.000000885. The summed E-state index contributed by atoms with van der Waals surface area (Å²) in [7, 11) is 1.25. The van der Waals surface area contributed by atoms with Crippen molar-refractivity contribution in [2.45, 2.75) is 27.2 Å². The van der Waals surface area contributed by atoms with Crippen molar-refractivity contribution in [1.29, 1.82) is 0 Å². The van der Waals surface area contributed by atoms with Crippen LogP contribution in [0.15, 0.2) is 36.4 Å². The maximum Gasteiger partial charge on any atom is 0.407 e. The molecule has 0 saturated carbocycles. The van der Waals surface area contributed by atoms with Crippen LogP contribution in [0.25, 0.3) is 0 Å². The van der Waals surface area contributed by atoms with E-state index in [2.05, 4.69) is 15.4 Å². The van der Waals surface area contributed by atoms with Crippen molar-refractivity contribution in [3.05, 3.63) is 42.0 Å². The number of para-hydroxylation sites is 1. The average Bonchev–Trinajstić information content (AvgIpc) is 2.53. The lowest BCUT2D eigenvalue weighted by molar-refractivity contribution is -0.115. The second kappa shape index (κ2) is 11.5. The quantitative estimate of drug-likeness (QED) is 0.838. The SMILES string of the molecule is C/C=C\C.CCc1ccccc1NC(=O)CNC(=O)OC.